The summed E-state index contributed by atoms with van der Waals surface area (Å²) < 4.78 is 5.34. The molecule has 0 aromatic rings. The third-order valence-corrected chi connectivity index (χ3v) is 3.59. The smallest absolute Gasteiger partial charge is 0.237 e. The first-order chi connectivity index (χ1) is 8.68. The van der Waals surface area contributed by atoms with Crippen molar-refractivity contribution in [2.24, 2.45) is 11.7 Å². The first-order valence-electron chi connectivity index (χ1n) is 6.55. The number of nitrogens with two attached hydrogens (primary N) is 1. The van der Waals surface area contributed by atoms with Crippen molar-refractivity contribution in [1.29, 1.82) is 0 Å². The summed E-state index contributed by atoms with van der Waals surface area (Å²) >= 11 is 0. The minimum atomic E-state index is -0.452. The van der Waals surface area contributed by atoms with Crippen LogP contribution in [0.4, 0.5) is 0 Å². The molecule has 2 heterocycles. The van der Waals surface area contributed by atoms with E-state index in [1.807, 2.05) is 0 Å². The highest BCUT2D eigenvalue weighted by molar-refractivity contribution is 5.85. The number of nitrogens with one attached hydrogen (secondary N) is 1. The molecule has 2 unspecified atom stereocenters. The molecule has 0 aliphatic carbocycles. The number of nitrogens with zero attached hydrogens (tertiary/aromatic N) is 1. The van der Waals surface area contributed by atoms with E-state index in [9.17, 15) is 9.59 Å². The molecule has 2 amide bonds. The Balaban J connectivity index is 2.01. The Morgan fingerprint density at radius 2 is 2.22 bits per heavy atom. The molecule has 3 N–H and O–H groups in total. The Hall–Kier alpha value is -1.14. The highest BCUT2D eigenvalue weighted by Crippen LogP contribution is 2.19. The molecule has 2 atom stereocenters. The molecule has 2 saturated heterocycles. The quantitative estimate of drug-likeness (QED) is 0.681. The molecule has 102 valence electrons. The molecule has 2 rings (SSSR count). The predicted octanol–water partition coefficient (Wildman–Crippen LogP) is -0.911. The lowest BCUT2D eigenvalue weighted by atomic mass is 9.99. The summed E-state index contributed by atoms with van der Waals surface area (Å²) in [7, 11) is 0. The number of hydrogen-bond donors (Lipinski definition) is 2. The molecule has 6 nitrogen and oxygen atoms in total. The Morgan fingerprint density at radius 3 is 2.78 bits per heavy atom. The van der Waals surface area contributed by atoms with Crippen molar-refractivity contribution in [1.82, 2.24) is 10.2 Å². The van der Waals surface area contributed by atoms with E-state index in [0.29, 0.717) is 6.61 Å². The summed E-state index contributed by atoms with van der Waals surface area (Å²) in [5.74, 6) is -0.548. The summed E-state index contributed by atoms with van der Waals surface area (Å²) in [4.78, 5) is 25.2. The van der Waals surface area contributed by atoms with E-state index in [0.717, 1.165) is 39.0 Å². The zero-order chi connectivity index (χ0) is 13.0. The molecule has 0 radical (unpaired) electrons. The maximum atomic E-state index is 12.4. The topological polar surface area (TPSA) is 84.7 Å². The number of carbonyl (C=O) groups excluding carboxylic acids is 2. The first-order valence-corrected chi connectivity index (χ1v) is 6.55. The number of amides is 2. The van der Waals surface area contributed by atoms with Crippen LogP contribution in [0.3, 0.4) is 0 Å². The van der Waals surface area contributed by atoms with Gasteiger partial charge in [0.1, 0.15) is 0 Å². The SMILES string of the molecule is NC(=O)CN(C(=O)C1CCCOC1)C1CCNC1. The van der Waals surface area contributed by atoms with Crippen LogP contribution in [0, 0.1) is 5.92 Å². The van der Waals surface area contributed by atoms with Crippen LogP contribution in [0.25, 0.3) is 0 Å². The number of hydrogen-bond acceptors (Lipinski definition) is 4. The maximum Gasteiger partial charge on any atom is 0.237 e. The van der Waals surface area contributed by atoms with E-state index in [-0.39, 0.29) is 24.4 Å². The van der Waals surface area contributed by atoms with Crippen LogP contribution >= 0.6 is 0 Å². The molecular weight excluding hydrogens is 234 g/mol. The van der Waals surface area contributed by atoms with Crippen LogP contribution in [0.1, 0.15) is 19.3 Å². The number of rotatable bonds is 4. The van der Waals surface area contributed by atoms with Gasteiger partial charge < -0.3 is 20.7 Å². The lowest BCUT2D eigenvalue weighted by Crippen LogP contribution is -2.49. The minimum Gasteiger partial charge on any atom is -0.381 e. The highest BCUT2D eigenvalue weighted by Gasteiger charge is 2.33. The number of primary amides is 1. The van der Waals surface area contributed by atoms with Crippen molar-refractivity contribution in [3.8, 4) is 0 Å². The molecule has 2 aliphatic rings. The van der Waals surface area contributed by atoms with Gasteiger partial charge >= 0.3 is 0 Å². The van der Waals surface area contributed by atoms with Crippen LogP contribution in [0.2, 0.25) is 0 Å². The van der Waals surface area contributed by atoms with E-state index in [4.69, 9.17) is 10.5 Å². The van der Waals surface area contributed by atoms with Crippen LogP contribution in [-0.4, -0.2) is 55.6 Å². The van der Waals surface area contributed by atoms with Crippen molar-refractivity contribution < 1.29 is 14.3 Å². The van der Waals surface area contributed by atoms with Crippen LogP contribution < -0.4 is 11.1 Å². The lowest BCUT2D eigenvalue weighted by Gasteiger charge is -2.32. The lowest BCUT2D eigenvalue weighted by molar-refractivity contribution is -0.144. The molecule has 0 aromatic carbocycles. The van der Waals surface area contributed by atoms with Gasteiger partial charge in [-0.2, -0.15) is 0 Å². The monoisotopic (exact) mass is 255 g/mol. The van der Waals surface area contributed by atoms with Crippen LogP contribution in [-0.2, 0) is 14.3 Å². The van der Waals surface area contributed by atoms with Gasteiger partial charge in [-0.05, 0) is 25.8 Å². The summed E-state index contributed by atoms with van der Waals surface area (Å²) in [6, 6.07) is 0.0897. The van der Waals surface area contributed by atoms with Crippen molar-refractivity contribution in [2.45, 2.75) is 25.3 Å². The predicted molar refractivity (Wildman–Crippen MR) is 65.7 cm³/mol. The molecule has 0 aromatic heterocycles. The third-order valence-electron chi connectivity index (χ3n) is 3.59. The Morgan fingerprint density at radius 1 is 1.39 bits per heavy atom. The third kappa shape index (κ3) is 3.20. The molecule has 6 heteroatoms. The Kier molecular flexibility index (Phi) is 4.54. The van der Waals surface area contributed by atoms with E-state index in [2.05, 4.69) is 5.32 Å². The summed E-state index contributed by atoms with van der Waals surface area (Å²) in [5, 5.41) is 3.21. The van der Waals surface area contributed by atoms with E-state index in [1.54, 1.807) is 4.90 Å². The van der Waals surface area contributed by atoms with Crippen molar-refractivity contribution in [3.05, 3.63) is 0 Å². The van der Waals surface area contributed by atoms with Gasteiger partial charge in [-0.1, -0.05) is 0 Å². The zero-order valence-corrected chi connectivity index (χ0v) is 10.6. The molecule has 0 bridgehead atoms. The van der Waals surface area contributed by atoms with Gasteiger partial charge in [0.15, 0.2) is 0 Å². The molecule has 0 spiro atoms. The van der Waals surface area contributed by atoms with Gasteiger partial charge in [0.05, 0.1) is 19.1 Å². The largest absolute Gasteiger partial charge is 0.381 e. The fourth-order valence-electron chi connectivity index (χ4n) is 2.63. The molecule has 2 fully saturated rings. The van der Waals surface area contributed by atoms with Crippen LogP contribution in [0.5, 0.6) is 0 Å². The average molecular weight is 255 g/mol. The zero-order valence-electron chi connectivity index (χ0n) is 10.6. The fourth-order valence-corrected chi connectivity index (χ4v) is 2.63. The van der Waals surface area contributed by atoms with Gasteiger partial charge in [0.25, 0.3) is 0 Å². The minimum absolute atomic E-state index is 0.0156. The summed E-state index contributed by atoms with van der Waals surface area (Å²) in [6.45, 7) is 2.83. The van der Waals surface area contributed by atoms with Gasteiger partial charge in [-0.25, -0.2) is 0 Å². The molecular formula is C12H21N3O3. The molecule has 18 heavy (non-hydrogen) atoms. The Bertz CT molecular complexity index is 310. The molecule has 0 saturated carbocycles. The maximum absolute atomic E-state index is 12.4. The highest BCUT2D eigenvalue weighted by atomic mass is 16.5. The summed E-state index contributed by atoms with van der Waals surface area (Å²) in [5.41, 5.74) is 5.24. The number of ether oxygens (including phenoxy) is 1. The van der Waals surface area contributed by atoms with Gasteiger partial charge in [-0.3, -0.25) is 9.59 Å². The van der Waals surface area contributed by atoms with Gasteiger partial charge in [-0.15, -0.1) is 0 Å². The molecule has 2 aliphatic heterocycles. The standard InChI is InChI=1S/C12H21N3O3/c13-11(16)7-15(10-3-4-14-6-10)12(17)9-2-1-5-18-8-9/h9-10,14H,1-8H2,(H2,13,16). The van der Waals surface area contributed by atoms with Crippen LogP contribution in [0.15, 0.2) is 0 Å². The fraction of sp³-hybridized carbons (Fsp3) is 0.833. The number of carbonyl (C=O) groups is 2. The van der Waals surface area contributed by atoms with Gasteiger partial charge in [0.2, 0.25) is 11.8 Å². The second kappa shape index (κ2) is 6.15. The second-order valence-corrected chi connectivity index (χ2v) is 4.99. The van der Waals surface area contributed by atoms with E-state index >= 15 is 0 Å². The second-order valence-electron chi connectivity index (χ2n) is 4.99. The first kappa shape index (κ1) is 13.3. The normalized spacial score (nSPS) is 28.0. The van der Waals surface area contributed by atoms with Gasteiger partial charge in [0, 0.05) is 19.2 Å². The van der Waals surface area contributed by atoms with Crippen molar-refractivity contribution >= 4 is 11.8 Å². The van der Waals surface area contributed by atoms with Crippen molar-refractivity contribution in [3.63, 3.8) is 0 Å². The Labute approximate surface area is 107 Å². The average Bonchev–Trinajstić information content (AvgIpc) is 2.89. The summed E-state index contributed by atoms with van der Waals surface area (Å²) in [6.07, 6.45) is 2.63. The van der Waals surface area contributed by atoms with E-state index < -0.39 is 5.91 Å². The van der Waals surface area contributed by atoms with Crippen molar-refractivity contribution in [2.75, 3.05) is 32.8 Å². The van der Waals surface area contributed by atoms with E-state index in [1.165, 1.54) is 0 Å².